The van der Waals surface area contributed by atoms with Gasteiger partial charge in [-0.05, 0) is 41.2 Å². The van der Waals surface area contributed by atoms with Crippen LogP contribution in [0.2, 0.25) is 0 Å². The molecule has 0 aliphatic heterocycles. The zero-order valence-electron chi connectivity index (χ0n) is 17.3. The maximum Gasteiger partial charge on any atom is 0.136 e. The van der Waals surface area contributed by atoms with Crippen molar-refractivity contribution in [3.05, 3.63) is 96.1 Å². The third-order valence-corrected chi connectivity index (χ3v) is 6.91. The van der Waals surface area contributed by atoms with Crippen molar-refractivity contribution in [1.82, 2.24) is 4.98 Å². The van der Waals surface area contributed by atoms with Gasteiger partial charge in [0, 0.05) is 27.3 Å². The maximum atomic E-state index is 6.16. The summed E-state index contributed by atoms with van der Waals surface area (Å²) in [4.78, 5) is 3.83. The van der Waals surface area contributed by atoms with Gasteiger partial charge in [0.2, 0.25) is 0 Å². The van der Waals surface area contributed by atoms with E-state index in [4.69, 9.17) is 4.42 Å². The fourth-order valence-electron chi connectivity index (χ4n) is 5.51. The first-order valence-corrected chi connectivity index (χ1v) is 10.9. The molecule has 31 heavy (non-hydrogen) atoms. The van der Waals surface area contributed by atoms with Crippen LogP contribution in [0.4, 0.5) is 0 Å². The van der Waals surface area contributed by atoms with Crippen molar-refractivity contribution >= 4 is 32.8 Å². The Morgan fingerprint density at radius 3 is 2.39 bits per heavy atom. The predicted molar refractivity (Wildman–Crippen MR) is 129 cm³/mol. The minimum absolute atomic E-state index is 0.521. The van der Waals surface area contributed by atoms with Gasteiger partial charge < -0.3 is 9.40 Å². The number of hydrogen-bond donors (Lipinski definition) is 1. The molecule has 0 bridgehead atoms. The number of H-pyrrole nitrogens is 1. The van der Waals surface area contributed by atoms with Crippen LogP contribution in [0.15, 0.2) is 89.3 Å². The van der Waals surface area contributed by atoms with Crippen LogP contribution in [0.1, 0.15) is 24.0 Å². The molecule has 1 unspecified atom stereocenters. The Hall–Kier alpha value is -3.78. The van der Waals surface area contributed by atoms with E-state index in [0.29, 0.717) is 5.92 Å². The van der Waals surface area contributed by atoms with Gasteiger partial charge in [-0.1, -0.05) is 79.7 Å². The molecule has 7 rings (SSSR count). The monoisotopic (exact) mass is 399 g/mol. The summed E-state index contributed by atoms with van der Waals surface area (Å²) in [6.07, 6.45) is 1.06. The van der Waals surface area contributed by atoms with Gasteiger partial charge in [0.25, 0.3) is 0 Å². The Kier molecular flexibility index (Phi) is 3.35. The van der Waals surface area contributed by atoms with Gasteiger partial charge in [-0.2, -0.15) is 0 Å². The maximum absolute atomic E-state index is 6.16. The lowest BCUT2D eigenvalue weighted by Crippen LogP contribution is -2.07. The van der Waals surface area contributed by atoms with Crippen molar-refractivity contribution in [3.63, 3.8) is 0 Å². The molecule has 0 amide bonds. The van der Waals surface area contributed by atoms with Crippen LogP contribution < -0.4 is 0 Å². The number of hydrogen-bond acceptors (Lipinski definition) is 1. The quantitative estimate of drug-likeness (QED) is 0.298. The van der Waals surface area contributed by atoms with Gasteiger partial charge in [0.15, 0.2) is 0 Å². The molecule has 6 aromatic rings. The van der Waals surface area contributed by atoms with Gasteiger partial charge in [-0.15, -0.1) is 0 Å². The zero-order chi connectivity index (χ0) is 20.5. The second kappa shape index (κ2) is 6.12. The Bertz CT molecular complexity index is 1630. The van der Waals surface area contributed by atoms with Crippen LogP contribution in [0.5, 0.6) is 0 Å². The normalized spacial score (nSPS) is 15.5. The van der Waals surface area contributed by atoms with Crippen molar-refractivity contribution in [1.29, 1.82) is 0 Å². The van der Waals surface area contributed by atoms with Gasteiger partial charge in [-0.25, -0.2) is 0 Å². The van der Waals surface area contributed by atoms with Crippen molar-refractivity contribution < 1.29 is 4.42 Å². The van der Waals surface area contributed by atoms with Crippen LogP contribution in [0.25, 0.3) is 55.2 Å². The first-order valence-electron chi connectivity index (χ1n) is 10.9. The molecule has 2 nitrogen and oxygen atoms in total. The number of furan rings is 1. The molecular weight excluding hydrogens is 378 g/mol. The Balaban J connectivity index is 1.57. The number of nitrogens with one attached hydrogen (secondary N) is 1. The predicted octanol–water partition coefficient (Wildman–Crippen LogP) is 8.06. The second-order valence-corrected chi connectivity index (χ2v) is 8.68. The highest BCUT2D eigenvalue weighted by Crippen LogP contribution is 2.45. The summed E-state index contributed by atoms with van der Waals surface area (Å²) in [5.74, 6) is 0.521. The smallest absolute Gasteiger partial charge is 0.136 e. The summed E-state index contributed by atoms with van der Waals surface area (Å²) in [6, 6.07) is 30.2. The lowest BCUT2D eigenvalue weighted by atomic mass is 9.82. The van der Waals surface area contributed by atoms with Crippen molar-refractivity contribution in [2.75, 3.05) is 0 Å². The highest BCUT2D eigenvalue weighted by Gasteiger charge is 2.26. The van der Waals surface area contributed by atoms with Gasteiger partial charge in [0.05, 0.1) is 11.2 Å². The molecule has 1 atom stereocenters. The number of aromatic nitrogens is 1. The molecule has 0 spiro atoms. The molecule has 1 N–H and O–H groups in total. The highest BCUT2D eigenvalue weighted by atomic mass is 16.3. The van der Waals surface area contributed by atoms with E-state index < -0.39 is 0 Å². The number of para-hydroxylation sites is 2. The van der Waals surface area contributed by atoms with Gasteiger partial charge >= 0.3 is 0 Å². The molecule has 4 aromatic carbocycles. The number of aromatic amines is 1. The molecule has 0 radical (unpaired) electrons. The van der Waals surface area contributed by atoms with Crippen molar-refractivity contribution in [3.8, 4) is 22.4 Å². The summed E-state index contributed by atoms with van der Waals surface area (Å²) in [6.45, 7) is 2.34. The minimum atomic E-state index is 0.521. The van der Waals surface area contributed by atoms with E-state index in [1.54, 1.807) is 0 Å². The largest absolute Gasteiger partial charge is 0.456 e. The summed E-state index contributed by atoms with van der Waals surface area (Å²) >= 11 is 0. The van der Waals surface area contributed by atoms with Crippen LogP contribution in [0, 0.1) is 0 Å². The average Bonchev–Trinajstić information content (AvgIpc) is 3.38. The summed E-state index contributed by atoms with van der Waals surface area (Å²) < 4.78 is 6.16. The molecular formula is C29H21NO. The molecule has 2 aromatic heterocycles. The van der Waals surface area contributed by atoms with Crippen LogP contribution >= 0.6 is 0 Å². The fraction of sp³-hybridized carbons (Fsp3) is 0.103. The molecule has 1 aliphatic rings. The Labute approximate surface area is 180 Å². The van der Waals surface area contributed by atoms with E-state index in [9.17, 15) is 0 Å². The van der Waals surface area contributed by atoms with E-state index in [2.05, 4.69) is 84.7 Å². The Morgan fingerprint density at radius 2 is 1.42 bits per heavy atom. The van der Waals surface area contributed by atoms with Gasteiger partial charge in [0.1, 0.15) is 11.2 Å². The minimum Gasteiger partial charge on any atom is -0.456 e. The molecule has 0 fully saturated rings. The molecule has 1 aliphatic carbocycles. The lowest BCUT2D eigenvalue weighted by molar-refractivity contribution is 0.669. The zero-order valence-corrected chi connectivity index (χ0v) is 17.3. The topological polar surface area (TPSA) is 28.9 Å². The van der Waals surface area contributed by atoms with E-state index in [0.717, 1.165) is 17.6 Å². The molecule has 148 valence electrons. The van der Waals surface area contributed by atoms with Crippen LogP contribution in [-0.2, 0) is 6.42 Å². The number of benzene rings is 4. The van der Waals surface area contributed by atoms with Crippen molar-refractivity contribution in [2.45, 2.75) is 19.3 Å². The van der Waals surface area contributed by atoms with E-state index in [1.165, 1.54) is 55.2 Å². The standard InChI is InChI=1S/C29H21NO/c1-17-16-24-22-13-6-12-21(28(22)30-29(24)20-9-3-2-8-18(17)20)19-11-7-15-26-27(19)23-10-4-5-14-25(23)31-26/h2-15,17,30H,16H2,1H3. The summed E-state index contributed by atoms with van der Waals surface area (Å²) in [5, 5.41) is 3.69. The van der Waals surface area contributed by atoms with Gasteiger partial charge in [-0.3, -0.25) is 0 Å². The first kappa shape index (κ1) is 17.0. The van der Waals surface area contributed by atoms with Crippen LogP contribution in [0.3, 0.4) is 0 Å². The fourth-order valence-corrected chi connectivity index (χ4v) is 5.51. The molecule has 0 saturated heterocycles. The molecule has 0 saturated carbocycles. The van der Waals surface area contributed by atoms with E-state index >= 15 is 0 Å². The lowest BCUT2D eigenvalue weighted by Gasteiger charge is -2.22. The summed E-state index contributed by atoms with van der Waals surface area (Å²) in [7, 11) is 0. The highest BCUT2D eigenvalue weighted by molar-refractivity contribution is 6.15. The third-order valence-electron chi connectivity index (χ3n) is 6.91. The first-order chi connectivity index (χ1) is 15.3. The molecule has 2 heteroatoms. The summed E-state index contributed by atoms with van der Waals surface area (Å²) in [5.41, 5.74) is 11.0. The third kappa shape index (κ3) is 2.28. The van der Waals surface area contributed by atoms with Crippen LogP contribution in [-0.4, -0.2) is 4.98 Å². The van der Waals surface area contributed by atoms with E-state index in [1.807, 2.05) is 12.1 Å². The SMILES string of the molecule is CC1Cc2c([nH]c3c(-c4cccc5oc6ccccc6c45)cccc23)-c2ccccc21. The van der Waals surface area contributed by atoms with E-state index in [-0.39, 0.29) is 0 Å². The average molecular weight is 399 g/mol. The Morgan fingerprint density at radius 1 is 0.710 bits per heavy atom. The number of rotatable bonds is 1. The van der Waals surface area contributed by atoms with Crippen molar-refractivity contribution in [2.24, 2.45) is 0 Å². The number of fused-ring (bicyclic) bond motifs is 8. The second-order valence-electron chi connectivity index (χ2n) is 8.68. The molecule has 2 heterocycles.